The van der Waals surface area contributed by atoms with Gasteiger partial charge in [-0.1, -0.05) is 18.2 Å². The van der Waals surface area contributed by atoms with Gasteiger partial charge in [-0.3, -0.25) is 0 Å². The molecule has 0 aliphatic heterocycles. The van der Waals surface area contributed by atoms with E-state index in [0.717, 1.165) is 6.42 Å². The molecule has 0 fully saturated rings. The van der Waals surface area contributed by atoms with Crippen molar-refractivity contribution in [1.82, 2.24) is 0 Å². The maximum absolute atomic E-state index is 8.97. The first-order valence-corrected chi connectivity index (χ1v) is 4.97. The second-order valence-electron chi connectivity index (χ2n) is 4.18. The summed E-state index contributed by atoms with van der Waals surface area (Å²) in [5.41, 5.74) is 1.18. The smallest absolute Gasteiger partial charge is 0.0453 e. The van der Waals surface area contributed by atoms with Crippen molar-refractivity contribution in [3.8, 4) is 0 Å². The van der Waals surface area contributed by atoms with Crippen LogP contribution in [-0.4, -0.2) is 24.3 Å². The van der Waals surface area contributed by atoms with Crippen LogP contribution in [-0.2, 0) is 0 Å². The van der Waals surface area contributed by atoms with E-state index in [4.69, 9.17) is 5.11 Å². The van der Waals surface area contributed by atoms with Crippen LogP contribution in [0.15, 0.2) is 30.3 Å². The topological polar surface area (TPSA) is 23.5 Å². The Balaban J connectivity index is 2.79. The van der Waals surface area contributed by atoms with Gasteiger partial charge in [0, 0.05) is 24.9 Å². The maximum Gasteiger partial charge on any atom is 0.0453 e. The third-order valence-electron chi connectivity index (χ3n) is 2.78. The number of aliphatic hydroxyl groups excluding tert-OH is 1. The summed E-state index contributed by atoms with van der Waals surface area (Å²) < 4.78 is 0. The van der Waals surface area contributed by atoms with Gasteiger partial charge in [-0.25, -0.2) is 0 Å². The molecule has 0 heterocycles. The highest BCUT2D eigenvalue weighted by molar-refractivity contribution is 5.47. The molecule has 0 aliphatic carbocycles. The Morgan fingerprint density at radius 2 is 1.79 bits per heavy atom. The zero-order valence-corrected chi connectivity index (χ0v) is 9.20. The van der Waals surface area contributed by atoms with Crippen LogP contribution in [0, 0.1) is 0 Å². The first-order chi connectivity index (χ1) is 6.58. The van der Waals surface area contributed by atoms with Crippen LogP contribution >= 0.6 is 0 Å². The molecular weight excluding hydrogens is 174 g/mol. The van der Waals surface area contributed by atoms with E-state index in [1.807, 2.05) is 18.2 Å². The zero-order chi connectivity index (χ0) is 10.6. The van der Waals surface area contributed by atoms with E-state index in [1.54, 1.807) is 0 Å². The van der Waals surface area contributed by atoms with Crippen LogP contribution < -0.4 is 4.90 Å². The Bertz CT molecular complexity index is 269. The molecule has 14 heavy (non-hydrogen) atoms. The van der Waals surface area contributed by atoms with Crippen molar-refractivity contribution in [3.05, 3.63) is 30.3 Å². The molecular formula is C12H19NO. The van der Waals surface area contributed by atoms with Crippen molar-refractivity contribution in [2.75, 3.05) is 18.6 Å². The highest BCUT2D eigenvalue weighted by Crippen LogP contribution is 2.23. The molecule has 0 aromatic heterocycles. The van der Waals surface area contributed by atoms with Crippen molar-refractivity contribution >= 4 is 5.69 Å². The summed E-state index contributed by atoms with van der Waals surface area (Å²) in [6.07, 6.45) is 0.776. The summed E-state index contributed by atoms with van der Waals surface area (Å²) in [5.74, 6) is 0. The highest BCUT2D eigenvalue weighted by Gasteiger charge is 2.22. The molecule has 0 saturated heterocycles. The number of aliphatic hydroxyl groups is 1. The van der Waals surface area contributed by atoms with E-state index < -0.39 is 0 Å². The fraction of sp³-hybridized carbons (Fsp3) is 0.500. The van der Waals surface area contributed by atoms with Gasteiger partial charge in [0.15, 0.2) is 0 Å². The lowest BCUT2D eigenvalue weighted by molar-refractivity contribution is 0.250. The molecule has 0 aliphatic rings. The normalized spacial score (nSPS) is 11.4. The van der Waals surface area contributed by atoms with Crippen molar-refractivity contribution in [3.63, 3.8) is 0 Å². The van der Waals surface area contributed by atoms with Gasteiger partial charge in [0.25, 0.3) is 0 Å². The molecule has 78 valence electrons. The third-order valence-corrected chi connectivity index (χ3v) is 2.78. The first kappa shape index (κ1) is 11.1. The van der Waals surface area contributed by atoms with E-state index >= 15 is 0 Å². The maximum atomic E-state index is 8.97. The first-order valence-electron chi connectivity index (χ1n) is 4.97. The van der Waals surface area contributed by atoms with Gasteiger partial charge in [-0.05, 0) is 32.4 Å². The van der Waals surface area contributed by atoms with Gasteiger partial charge in [0.05, 0.1) is 0 Å². The lowest BCUT2D eigenvalue weighted by Gasteiger charge is -2.37. The quantitative estimate of drug-likeness (QED) is 0.793. The van der Waals surface area contributed by atoms with E-state index in [1.165, 1.54) is 5.69 Å². The summed E-state index contributed by atoms with van der Waals surface area (Å²) in [6, 6.07) is 10.2. The minimum atomic E-state index is -0.00387. The van der Waals surface area contributed by atoms with Crippen molar-refractivity contribution in [2.45, 2.75) is 25.8 Å². The van der Waals surface area contributed by atoms with Gasteiger partial charge < -0.3 is 10.0 Å². The molecule has 0 amide bonds. The van der Waals surface area contributed by atoms with Crippen LogP contribution in [0.3, 0.4) is 0 Å². The highest BCUT2D eigenvalue weighted by atomic mass is 16.3. The molecule has 0 spiro atoms. The molecule has 0 unspecified atom stereocenters. The van der Waals surface area contributed by atoms with Crippen molar-refractivity contribution in [1.29, 1.82) is 0 Å². The standard InChI is InChI=1S/C12H19NO/c1-12(2,9-10-14)13(3)11-7-5-4-6-8-11/h4-8,14H,9-10H2,1-3H3. The second kappa shape index (κ2) is 4.47. The van der Waals surface area contributed by atoms with Crippen LogP contribution in [0.25, 0.3) is 0 Å². The molecule has 2 nitrogen and oxygen atoms in total. The Hall–Kier alpha value is -1.02. The summed E-state index contributed by atoms with van der Waals surface area (Å²) in [5, 5.41) is 8.97. The summed E-state index contributed by atoms with van der Waals surface area (Å²) in [4.78, 5) is 2.20. The molecule has 1 aromatic rings. The SMILES string of the molecule is CN(c1ccccc1)C(C)(C)CCO. The summed E-state index contributed by atoms with van der Waals surface area (Å²) in [6.45, 7) is 4.50. The number of hydrogen-bond donors (Lipinski definition) is 1. The molecule has 0 radical (unpaired) electrons. The summed E-state index contributed by atoms with van der Waals surface area (Å²) >= 11 is 0. The predicted octanol–water partition coefficient (Wildman–Crippen LogP) is 2.28. The monoisotopic (exact) mass is 193 g/mol. The second-order valence-corrected chi connectivity index (χ2v) is 4.18. The van der Waals surface area contributed by atoms with Crippen LogP contribution in [0.2, 0.25) is 0 Å². The lowest BCUT2D eigenvalue weighted by atomic mass is 9.98. The van der Waals surface area contributed by atoms with Gasteiger partial charge >= 0.3 is 0 Å². The number of nitrogens with zero attached hydrogens (tertiary/aromatic N) is 1. The number of rotatable bonds is 4. The fourth-order valence-electron chi connectivity index (χ4n) is 1.44. The van der Waals surface area contributed by atoms with Crippen molar-refractivity contribution in [2.24, 2.45) is 0 Å². The lowest BCUT2D eigenvalue weighted by Crippen LogP contribution is -2.41. The molecule has 0 atom stereocenters. The van der Waals surface area contributed by atoms with Gasteiger partial charge in [0.1, 0.15) is 0 Å². The molecule has 1 aromatic carbocycles. The molecule has 2 heteroatoms. The molecule has 1 N–H and O–H groups in total. The Labute approximate surface area is 86.2 Å². The Kier molecular flexibility index (Phi) is 3.53. The van der Waals surface area contributed by atoms with E-state index in [9.17, 15) is 0 Å². The van der Waals surface area contributed by atoms with Crippen LogP contribution in [0.5, 0.6) is 0 Å². The fourth-order valence-corrected chi connectivity index (χ4v) is 1.44. The predicted molar refractivity (Wildman–Crippen MR) is 60.6 cm³/mol. The Morgan fingerprint density at radius 1 is 1.21 bits per heavy atom. The average molecular weight is 193 g/mol. The van der Waals surface area contributed by atoms with E-state index in [0.29, 0.717) is 0 Å². The minimum Gasteiger partial charge on any atom is -0.396 e. The van der Waals surface area contributed by atoms with Gasteiger partial charge in [0.2, 0.25) is 0 Å². The van der Waals surface area contributed by atoms with Crippen molar-refractivity contribution < 1.29 is 5.11 Å². The number of benzene rings is 1. The van der Waals surface area contributed by atoms with Crippen LogP contribution in [0.4, 0.5) is 5.69 Å². The third kappa shape index (κ3) is 2.48. The summed E-state index contributed by atoms with van der Waals surface area (Å²) in [7, 11) is 2.06. The molecule has 0 saturated carbocycles. The van der Waals surface area contributed by atoms with E-state index in [2.05, 4.69) is 37.9 Å². The zero-order valence-electron chi connectivity index (χ0n) is 9.20. The average Bonchev–Trinajstić information content (AvgIpc) is 2.18. The minimum absolute atomic E-state index is 0.00387. The number of para-hydroxylation sites is 1. The molecule has 0 bridgehead atoms. The van der Waals surface area contributed by atoms with Crippen LogP contribution in [0.1, 0.15) is 20.3 Å². The molecule has 1 rings (SSSR count). The number of hydrogen-bond acceptors (Lipinski definition) is 2. The number of anilines is 1. The largest absolute Gasteiger partial charge is 0.396 e. The van der Waals surface area contributed by atoms with Gasteiger partial charge in [-0.2, -0.15) is 0 Å². The van der Waals surface area contributed by atoms with Gasteiger partial charge in [-0.15, -0.1) is 0 Å². The van der Waals surface area contributed by atoms with E-state index in [-0.39, 0.29) is 12.1 Å². The Morgan fingerprint density at radius 3 is 2.29 bits per heavy atom.